The number of hydrogen-bond donors (Lipinski definition) is 1. The lowest BCUT2D eigenvalue weighted by atomic mass is 10.1. The van der Waals surface area contributed by atoms with E-state index in [4.69, 9.17) is 9.47 Å². The van der Waals surface area contributed by atoms with Gasteiger partial charge in [-0.15, -0.1) is 0 Å². The lowest BCUT2D eigenvalue weighted by Gasteiger charge is -2.28. The van der Waals surface area contributed by atoms with E-state index in [2.05, 4.69) is 5.32 Å². The molecule has 2 aromatic carbocycles. The van der Waals surface area contributed by atoms with Crippen LogP contribution in [0.1, 0.15) is 43.9 Å². The van der Waals surface area contributed by atoms with Gasteiger partial charge in [0.25, 0.3) is 0 Å². The first-order valence-electron chi connectivity index (χ1n) is 10.2. The fraction of sp³-hybridized carbons (Fsp3) is 0.435. The molecule has 1 aliphatic rings. The van der Waals surface area contributed by atoms with E-state index in [0.717, 1.165) is 36.3 Å². The van der Waals surface area contributed by atoms with E-state index in [1.54, 1.807) is 17.0 Å². The number of rotatable bonds is 8. The van der Waals surface area contributed by atoms with Crippen LogP contribution in [-0.4, -0.2) is 36.8 Å². The number of carbonyl (C=O) groups excluding carboxylic acids is 1. The SMILES string of the molecule is CCN(C(=O)NCc1cccc(OC[C@@H]2CCCO2)c1)[C@@H](C)c1ccc(F)cc1. The van der Waals surface area contributed by atoms with Gasteiger partial charge < -0.3 is 19.7 Å². The second-order valence-electron chi connectivity index (χ2n) is 7.27. The van der Waals surface area contributed by atoms with Crippen molar-refractivity contribution in [3.63, 3.8) is 0 Å². The van der Waals surface area contributed by atoms with Gasteiger partial charge in [-0.1, -0.05) is 24.3 Å². The van der Waals surface area contributed by atoms with E-state index < -0.39 is 0 Å². The monoisotopic (exact) mass is 400 g/mol. The molecule has 156 valence electrons. The molecule has 5 nitrogen and oxygen atoms in total. The first kappa shape index (κ1) is 21.1. The van der Waals surface area contributed by atoms with Crippen LogP contribution in [0.2, 0.25) is 0 Å². The van der Waals surface area contributed by atoms with Crippen molar-refractivity contribution in [1.82, 2.24) is 10.2 Å². The molecule has 0 unspecified atom stereocenters. The van der Waals surface area contributed by atoms with Crippen LogP contribution >= 0.6 is 0 Å². The minimum Gasteiger partial charge on any atom is -0.491 e. The van der Waals surface area contributed by atoms with Gasteiger partial charge in [0.2, 0.25) is 0 Å². The van der Waals surface area contributed by atoms with Crippen molar-refractivity contribution < 1.29 is 18.7 Å². The first-order chi connectivity index (χ1) is 14.1. The Labute approximate surface area is 171 Å². The van der Waals surface area contributed by atoms with Crippen molar-refractivity contribution in [3.05, 3.63) is 65.5 Å². The average molecular weight is 400 g/mol. The maximum absolute atomic E-state index is 13.2. The molecule has 0 saturated carbocycles. The van der Waals surface area contributed by atoms with Crippen molar-refractivity contribution in [2.24, 2.45) is 0 Å². The fourth-order valence-electron chi connectivity index (χ4n) is 3.50. The third-order valence-corrected chi connectivity index (χ3v) is 5.22. The fourth-order valence-corrected chi connectivity index (χ4v) is 3.50. The highest BCUT2D eigenvalue weighted by molar-refractivity contribution is 5.74. The molecule has 2 atom stereocenters. The molecule has 29 heavy (non-hydrogen) atoms. The molecule has 1 aliphatic heterocycles. The maximum atomic E-state index is 13.2. The van der Waals surface area contributed by atoms with Gasteiger partial charge in [0.15, 0.2) is 0 Å². The number of benzene rings is 2. The summed E-state index contributed by atoms with van der Waals surface area (Å²) in [6.07, 6.45) is 2.29. The van der Waals surface area contributed by atoms with Crippen molar-refractivity contribution in [2.75, 3.05) is 19.8 Å². The van der Waals surface area contributed by atoms with Gasteiger partial charge in [-0.3, -0.25) is 0 Å². The van der Waals surface area contributed by atoms with Crippen molar-refractivity contribution in [3.8, 4) is 5.75 Å². The molecule has 0 spiro atoms. The largest absolute Gasteiger partial charge is 0.491 e. The summed E-state index contributed by atoms with van der Waals surface area (Å²) >= 11 is 0. The summed E-state index contributed by atoms with van der Waals surface area (Å²) in [6.45, 7) is 6.19. The number of nitrogens with zero attached hydrogens (tertiary/aromatic N) is 1. The van der Waals surface area contributed by atoms with Crippen molar-refractivity contribution in [1.29, 1.82) is 0 Å². The lowest BCUT2D eigenvalue weighted by molar-refractivity contribution is 0.0679. The van der Waals surface area contributed by atoms with Gasteiger partial charge in [-0.25, -0.2) is 9.18 Å². The molecule has 1 fully saturated rings. The second-order valence-corrected chi connectivity index (χ2v) is 7.27. The highest BCUT2D eigenvalue weighted by Crippen LogP contribution is 2.21. The van der Waals surface area contributed by atoms with Crippen LogP contribution in [0.25, 0.3) is 0 Å². The van der Waals surface area contributed by atoms with E-state index in [0.29, 0.717) is 19.7 Å². The van der Waals surface area contributed by atoms with Crippen LogP contribution in [0.3, 0.4) is 0 Å². The number of halogens is 1. The van der Waals surface area contributed by atoms with E-state index in [-0.39, 0.29) is 24.0 Å². The number of amides is 2. The quantitative estimate of drug-likeness (QED) is 0.700. The van der Waals surface area contributed by atoms with Gasteiger partial charge >= 0.3 is 6.03 Å². The summed E-state index contributed by atoms with van der Waals surface area (Å²) in [5.41, 5.74) is 1.86. The molecule has 1 saturated heterocycles. The zero-order valence-corrected chi connectivity index (χ0v) is 17.1. The summed E-state index contributed by atoms with van der Waals surface area (Å²) in [4.78, 5) is 14.4. The zero-order valence-electron chi connectivity index (χ0n) is 17.1. The highest BCUT2D eigenvalue weighted by atomic mass is 19.1. The van der Waals surface area contributed by atoms with Crippen LogP contribution in [0.5, 0.6) is 5.75 Å². The molecule has 6 heteroatoms. The summed E-state index contributed by atoms with van der Waals surface area (Å²) in [6, 6.07) is 13.7. The summed E-state index contributed by atoms with van der Waals surface area (Å²) < 4.78 is 24.6. The number of hydrogen-bond acceptors (Lipinski definition) is 3. The topological polar surface area (TPSA) is 50.8 Å². The van der Waals surface area contributed by atoms with Crippen LogP contribution in [-0.2, 0) is 11.3 Å². The van der Waals surface area contributed by atoms with Gasteiger partial charge in [0, 0.05) is 19.7 Å². The Kier molecular flexibility index (Phi) is 7.47. The maximum Gasteiger partial charge on any atom is 0.318 e. The van der Waals surface area contributed by atoms with Gasteiger partial charge in [-0.2, -0.15) is 0 Å². The third kappa shape index (κ3) is 5.94. The molecular formula is C23H29FN2O3. The predicted molar refractivity (Wildman–Crippen MR) is 110 cm³/mol. The Bertz CT molecular complexity index is 791. The van der Waals surface area contributed by atoms with E-state index in [1.165, 1.54) is 12.1 Å². The standard InChI is InChI=1S/C23H29FN2O3/c1-3-26(17(2)19-9-11-20(24)12-10-19)23(27)25-15-18-6-4-7-21(14-18)29-16-22-8-5-13-28-22/h4,6-7,9-12,14,17,22H,3,5,8,13,15-16H2,1-2H3,(H,25,27)/t17-,22-/m0/s1. The van der Waals surface area contributed by atoms with Gasteiger partial charge in [-0.05, 0) is 62.1 Å². The Morgan fingerprint density at radius 3 is 2.79 bits per heavy atom. The molecule has 3 rings (SSSR count). The molecule has 1 heterocycles. The Balaban J connectivity index is 1.54. The molecular weight excluding hydrogens is 371 g/mol. The van der Waals surface area contributed by atoms with Crippen LogP contribution < -0.4 is 10.1 Å². The Morgan fingerprint density at radius 2 is 2.10 bits per heavy atom. The molecule has 0 aromatic heterocycles. The molecule has 2 amide bonds. The number of nitrogens with one attached hydrogen (secondary N) is 1. The Hall–Kier alpha value is -2.60. The summed E-state index contributed by atoms with van der Waals surface area (Å²) in [5, 5.41) is 2.97. The third-order valence-electron chi connectivity index (χ3n) is 5.22. The normalized spacial score (nSPS) is 17.0. The predicted octanol–water partition coefficient (Wildman–Crippen LogP) is 4.68. The smallest absolute Gasteiger partial charge is 0.318 e. The minimum absolute atomic E-state index is 0.151. The molecule has 1 N–H and O–H groups in total. The number of urea groups is 1. The molecule has 0 bridgehead atoms. The second kappa shape index (κ2) is 10.3. The minimum atomic E-state index is -0.282. The molecule has 0 aliphatic carbocycles. The molecule has 0 radical (unpaired) electrons. The van der Waals surface area contributed by atoms with Crippen LogP contribution in [0.15, 0.2) is 48.5 Å². The summed E-state index contributed by atoms with van der Waals surface area (Å²) in [5.74, 6) is 0.495. The Morgan fingerprint density at radius 1 is 1.31 bits per heavy atom. The number of carbonyl (C=O) groups is 1. The highest BCUT2D eigenvalue weighted by Gasteiger charge is 2.20. The van der Waals surface area contributed by atoms with E-state index in [1.807, 2.05) is 38.1 Å². The van der Waals surface area contributed by atoms with Crippen molar-refractivity contribution in [2.45, 2.75) is 45.4 Å². The average Bonchev–Trinajstić information content (AvgIpc) is 3.26. The van der Waals surface area contributed by atoms with Gasteiger partial charge in [0.05, 0.1) is 12.1 Å². The van der Waals surface area contributed by atoms with E-state index >= 15 is 0 Å². The first-order valence-corrected chi connectivity index (χ1v) is 10.2. The van der Waals surface area contributed by atoms with Crippen LogP contribution in [0, 0.1) is 5.82 Å². The van der Waals surface area contributed by atoms with Crippen LogP contribution in [0.4, 0.5) is 9.18 Å². The lowest BCUT2D eigenvalue weighted by Crippen LogP contribution is -2.41. The molecule has 2 aromatic rings. The number of ether oxygens (including phenoxy) is 2. The van der Waals surface area contributed by atoms with Gasteiger partial charge in [0.1, 0.15) is 18.2 Å². The summed E-state index contributed by atoms with van der Waals surface area (Å²) in [7, 11) is 0. The zero-order chi connectivity index (χ0) is 20.6. The van der Waals surface area contributed by atoms with Crippen molar-refractivity contribution >= 4 is 6.03 Å². The van der Waals surface area contributed by atoms with E-state index in [9.17, 15) is 9.18 Å².